The molecule has 0 fully saturated rings. The van der Waals surface area contributed by atoms with Crippen LogP contribution >= 0.6 is 0 Å². The molecule has 7 heteroatoms. The van der Waals surface area contributed by atoms with Gasteiger partial charge in [0.1, 0.15) is 5.82 Å². The summed E-state index contributed by atoms with van der Waals surface area (Å²) in [5.41, 5.74) is 3.55. The number of rotatable bonds is 3. The van der Waals surface area contributed by atoms with Gasteiger partial charge in [-0.2, -0.15) is 5.10 Å². The Balaban J connectivity index is 1.59. The number of carbonyl (C=O) groups is 1. The van der Waals surface area contributed by atoms with Crippen LogP contribution in [0.1, 0.15) is 41.6 Å². The number of aryl methyl sites for hydroxylation is 1. The molecule has 0 bridgehead atoms. The lowest BCUT2D eigenvalue weighted by Gasteiger charge is -2.44. The number of benzene rings is 3. The summed E-state index contributed by atoms with van der Waals surface area (Å²) >= 11 is 0. The minimum absolute atomic E-state index is 0.245. The molecule has 6 nitrogen and oxygen atoms in total. The second-order valence-electron chi connectivity index (χ2n) is 8.43. The Morgan fingerprint density at radius 1 is 1.21 bits per heavy atom. The molecule has 33 heavy (non-hydrogen) atoms. The number of para-hydroxylation sites is 1. The first-order chi connectivity index (χ1) is 16.0. The average Bonchev–Trinajstić information content (AvgIpc) is 3.40. The van der Waals surface area contributed by atoms with Gasteiger partial charge in [-0.25, -0.2) is 9.40 Å². The van der Waals surface area contributed by atoms with Crippen molar-refractivity contribution in [2.45, 2.75) is 31.5 Å². The molecule has 0 radical (unpaired) electrons. The SMILES string of the molecule is CCc1ccc2c(c1)[C@@]1(Oc3c(OC)cccc3[C@@H]3CC(c4ccc(F)cc4)=NN31)C(=O)N2. The summed E-state index contributed by atoms with van der Waals surface area (Å²) in [5, 5.41) is 9.66. The molecule has 0 aliphatic carbocycles. The van der Waals surface area contributed by atoms with Gasteiger partial charge in [0.05, 0.1) is 30.1 Å². The van der Waals surface area contributed by atoms with Crippen LogP contribution in [0.5, 0.6) is 11.5 Å². The molecule has 1 spiro atoms. The number of carbonyl (C=O) groups excluding carboxylic acids is 1. The number of hydrogen-bond donors (Lipinski definition) is 1. The molecule has 3 heterocycles. The molecule has 2 atom stereocenters. The summed E-state index contributed by atoms with van der Waals surface area (Å²) in [7, 11) is 1.59. The highest BCUT2D eigenvalue weighted by molar-refractivity contribution is 6.07. The van der Waals surface area contributed by atoms with Gasteiger partial charge in [0.15, 0.2) is 11.5 Å². The lowest BCUT2D eigenvalue weighted by molar-refractivity contribution is -0.161. The Morgan fingerprint density at radius 2 is 2.03 bits per heavy atom. The third kappa shape index (κ3) is 2.71. The van der Waals surface area contributed by atoms with E-state index in [1.807, 2.05) is 36.4 Å². The normalized spacial score (nSPS) is 22.3. The predicted octanol–water partition coefficient (Wildman–Crippen LogP) is 4.75. The van der Waals surface area contributed by atoms with E-state index in [0.717, 1.165) is 34.4 Å². The van der Waals surface area contributed by atoms with E-state index in [4.69, 9.17) is 14.6 Å². The zero-order valence-corrected chi connectivity index (χ0v) is 18.3. The van der Waals surface area contributed by atoms with E-state index < -0.39 is 5.72 Å². The highest BCUT2D eigenvalue weighted by Gasteiger charge is 2.61. The highest BCUT2D eigenvalue weighted by Crippen LogP contribution is 2.56. The molecule has 166 valence electrons. The van der Waals surface area contributed by atoms with Gasteiger partial charge < -0.3 is 14.8 Å². The maximum Gasteiger partial charge on any atom is 0.306 e. The third-order valence-electron chi connectivity index (χ3n) is 6.66. The van der Waals surface area contributed by atoms with Crippen molar-refractivity contribution in [1.29, 1.82) is 0 Å². The molecule has 3 aliphatic heterocycles. The van der Waals surface area contributed by atoms with Gasteiger partial charge in [-0.05, 0) is 47.9 Å². The summed E-state index contributed by atoms with van der Waals surface area (Å²) in [6, 6.07) is 17.7. The van der Waals surface area contributed by atoms with Crippen molar-refractivity contribution in [3.05, 3.63) is 88.7 Å². The Kier molecular flexibility index (Phi) is 4.24. The maximum absolute atomic E-state index is 13.6. The van der Waals surface area contributed by atoms with Crippen molar-refractivity contribution in [3.8, 4) is 11.5 Å². The monoisotopic (exact) mass is 443 g/mol. The Bertz CT molecular complexity index is 1320. The fourth-order valence-electron chi connectivity index (χ4n) is 4.98. The van der Waals surface area contributed by atoms with Gasteiger partial charge >= 0.3 is 5.72 Å². The molecule has 0 saturated carbocycles. The first-order valence-electron chi connectivity index (χ1n) is 11.0. The van der Waals surface area contributed by atoms with E-state index in [1.54, 1.807) is 24.3 Å². The maximum atomic E-state index is 13.6. The van der Waals surface area contributed by atoms with E-state index in [-0.39, 0.29) is 17.8 Å². The molecule has 0 saturated heterocycles. The predicted molar refractivity (Wildman–Crippen MR) is 122 cm³/mol. The summed E-state index contributed by atoms with van der Waals surface area (Å²) in [4.78, 5) is 13.6. The van der Waals surface area contributed by atoms with Crippen LogP contribution in [0.2, 0.25) is 0 Å². The largest absolute Gasteiger partial charge is 0.493 e. The Morgan fingerprint density at radius 3 is 2.79 bits per heavy atom. The molecule has 0 unspecified atom stereocenters. The first-order valence-corrected chi connectivity index (χ1v) is 11.0. The lowest BCUT2D eigenvalue weighted by atomic mass is 9.91. The average molecular weight is 443 g/mol. The van der Waals surface area contributed by atoms with Crippen LogP contribution in [0.4, 0.5) is 10.1 Å². The number of nitrogens with one attached hydrogen (secondary N) is 1. The number of fused-ring (bicyclic) bond motifs is 6. The standard InChI is InChI=1S/C26H22FN3O3/c1-3-15-7-12-20-19(13-15)26(25(31)28-20)30-22(18-5-4-6-23(32-2)24(18)33-26)14-21(29-30)16-8-10-17(27)11-9-16/h4-13,22H,3,14H2,1-2H3,(H,28,31)/t22-,26+/m0/s1. The second kappa shape index (κ2) is 7.07. The van der Waals surface area contributed by atoms with Crippen LogP contribution in [0.3, 0.4) is 0 Å². The Hall–Kier alpha value is -3.87. The highest BCUT2D eigenvalue weighted by atomic mass is 19.1. The fourth-order valence-corrected chi connectivity index (χ4v) is 4.98. The molecular formula is C26H22FN3O3. The van der Waals surface area contributed by atoms with Gasteiger partial charge in [0.25, 0.3) is 5.91 Å². The number of nitrogens with zero attached hydrogens (tertiary/aromatic N) is 2. The van der Waals surface area contributed by atoms with Crippen molar-refractivity contribution in [1.82, 2.24) is 5.01 Å². The van der Waals surface area contributed by atoms with Crippen molar-refractivity contribution in [3.63, 3.8) is 0 Å². The summed E-state index contributed by atoms with van der Waals surface area (Å²) in [6.07, 6.45) is 1.37. The number of methoxy groups -OCH3 is 1. The number of anilines is 1. The number of halogens is 1. The van der Waals surface area contributed by atoms with Gasteiger partial charge in [0.2, 0.25) is 0 Å². The van der Waals surface area contributed by atoms with Gasteiger partial charge in [-0.1, -0.05) is 37.3 Å². The molecule has 0 aromatic heterocycles. The van der Waals surface area contributed by atoms with Crippen LogP contribution in [0, 0.1) is 5.82 Å². The zero-order chi connectivity index (χ0) is 22.7. The number of hydrazone groups is 1. The summed E-state index contributed by atoms with van der Waals surface area (Å²) < 4.78 is 25.7. The first kappa shape index (κ1) is 19.8. The summed E-state index contributed by atoms with van der Waals surface area (Å²) in [6.45, 7) is 2.07. The van der Waals surface area contributed by atoms with Crippen molar-refractivity contribution in [2.75, 3.05) is 12.4 Å². The molecular weight excluding hydrogens is 421 g/mol. The minimum Gasteiger partial charge on any atom is -0.493 e. The zero-order valence-electron chi connectivity index (χ0n) is 18.3. The third-order valence-corrected chi connectivity index (χ3v) is 6.66. The van der Waals surface area contributed by atoms with Crippen LogP contribution in [-0.4, -0.2) is 23.7 Å². The number of ether oxygens (including phenoxy) is 2. The molecule has 1 N–H and O–H groups in total. The topological polar surface area (TPSA) is 63.2 Å². The molecule has 3 aliphatic rings. The van der Waals surface area contributed by atoms with Crippen LogP contribution < -0.4 is 14.8 Å². The second-order valence-corrected chi connectivity index (χ2v) is 8.43. The van der Waals surface area contributed by atoms with E-state index >= 15 is 0 Å². The smallest absolute Gasteiger partial charge is 0.306 e. The Labute approximate surface area is 190 Å². The minimum atomic E-state index is -1.46. The van der Waals surface area contributed by atoms with Crippen LogP contribution in [-0.2, 0) is 16.9 Å². The lowest BCUT2D eigenvalue weighted by Crippen LogP contribution is -2.55. The molecule has 6 rings (SSSR count). The van der Waals surface area contributed by atoms with Gasteiger partial charge in [0, 0.05) is 12.0 Å². The van der Waals surface area contributed by atoms with Crippen molar-refractivity contribution < 1.29 is 18.7 Å². The molecule has 1 amide bonds. The van der Waals surface area contributed by atoms with E-state index in [0.29, 0.717) is 23.6 Å². The van der Waals surface area contributed by atoms with Gasteiger partial charge in [-0.3, -0.25) is 4.79 Å². The summed E-state index contributed by atoms with van der Waals surface area (Å²) in [5.74, 6) is 0.508. The fraction of sp³-hybridized carbons (Fsp3) is 0.231. The van der Waals surface area contributed by atoms with E-state index in [1.165, 1.54) is 12.1 Å². The van der Waals surface area contributed by atoms with Crippen LogP contribution in [0.25, 0.3) is 0 Å². The quantitative estimate of drug-likeness (QED) is 0.635. The number of amides is 1. The van der Waals surface area contributed by atoms with Crippen LogP contribution in [0.15, 0.2) is 65.8 Å². The van der Waals surface area contributed by atoms with Gasteiger partial charge in [-0.15, -0.1) is 0 Å². The van der Waals surface area contributed by atoms with E-state index in [9.17, 15) is 9.18 Å². The molecule has 3 aromatic rings. The molecule has 3 aromatic carbocycles. The van der Waals surface area contributed by atoms with Crippen molar-refractivity contribution in [2.24, 2.45) is 5.10 Å². The van der Waals surface area contributed by atoms with E-state index in [2.05, 4.69) is 12.2 Å². The number of hydrogen-bond acceptors (Lipinski definition) is 5. The van der Waals surface area contributed by atoms with Crippen molar-refractivity contribution >= 4 is 17.3 Å².